The van der Waals surface area contributed by atoms with Crippen molar-refractivity contribution in [3.05, 3.63) is 54.3 Å². The Labute approximate surface area is 136 Å². The van der Waals surface area contributed by atoms with E-state index in [1.807, 2.05) is 23.1 Å². The van der Waals surface area contributed by atoms with Crippen LogP contribution in [0.1, 0.15) is 19.8 Å². The van der Waals surface area contributed by atoms with Crippen molar-refractivity contribution in [2.24, 2.45) is 0 Å². The Bertz CT molecular complexity index is 676. The first-order chi connectivity index (χ1) is 11.1. The van der Waals surface area contributed by atoms with Crippen LogP contribution in [0.2, 0.25) is 0 Å². The SMILES string of the molecule is CC(=O)N1CCC(Nc2ccccc2-c2ccc(F)cc2)CC1. The van der Waals surface area contributed by atoms with Gasteiger partial charge in [0.1, 0.15) is 5.82 Å². The monoisotopic (exact) mass is 312 g/mol. The van der Waals surface area contributed by atoms with Gasteiger partial charge in [-0.2, -0.15) is 0 Å². The fourth-order valence-corrected chi connectivity index (χ4v) is 3.05. The smallest absolute Gasteiger partial charge is 0.219 e. The third-order valence-electron chi connectivity index (χ3n) is 4.38. The molecule has 1 heterocycles. The molecule has 23 heavy (non-hydrogen) atoms. The lowest BCUT2D eigenvalue weighted by Gasteiger charge is -2.32. The highest BCUT2D eigenvalue weighted by molar-refractivity contribution is 5.78. The second-order valence-corrected chi connectivity index (χ2v) is 5.98. The molecule has 2 aromatic carbocycles. The van der Waals surface area contributed by atoms with Crippen molar-refractivity contribution in [3.63, 3.8) is 0 Å². The second kappa shape index (κ2) is 6.82. The molecule has 1 N–H and O–H groups in total. The van der Waals surface area contributed by atoms with Crippen LogP contribution in [0.25, 0.3) is 11.1 Å². The molecule has 0 radical (unpaired) electrons. The fourth-order valence-electron chi connectivity index (χ4n) is 3.05. The molecular weight excluding hydrogens is 291 g/mol. The average Bonchev–Trinajstić information content (AvgIpc) is 2.57. The largest absolute Gasteiger partial charge is 0.382 e. The van der Waals surface area contributed by atoms with Gasteiger partial charge in [-0.05, 0) is 36.6 Å². The molecule has 1 aliphatic rings. The van der Waals surface area contributed by atoms with Crippen LogP contribution in [0.5, 0.6) is 0 Å². The number of piperidine rings is 1. The molecule has 0 unspecified atom stereocenters. The predicted molar refractivity (Wildman–Crippen MR) is 90.7 cm³/mol. The van der Waals surface area contributed by atoms with Gasteiger partial charge in [0.2, 0.25) is 5.91 Å². The number of likely N-dealkylation sites (tertiary alicyclic amines) is 1. The Morgan fingerprint density at radius 2 is 1.74 bits per heavy atom. The molecule has 0 saturated carbocycles. The maximum Gasteiger partial charge on any atom is 0.219 e. The molecule has 120 valence electrons. The highest BCUT2D eigenvalue weighted by Gasteiger charge is 2.21. The molecule has 0 atom stereocenters. The standard InChI is InChI=1S/C19H21FN2O/c1-14(23)22-12-10-17(11-13-22)21-19-5-3-2-4-18(19)15-6-8-16(20)9-7-15/h2-9,17,21H,10-13H2,1H3. The van der Waals surface area contributed by atoms with Gasteiger partial charge >= 0.3 is 0 Å². The van der Waals surface area contributed by atoms with Crippen molar-refractivity contribution in [3.8, 4) is 11.1 Å². The van der Waals surface area contributed by atoms with Crippen molar-refractivity contribution in [1.29, 1.82) is 0 Å². The van der Waals surface area contributed by atoms with Gasteiger partial charge in [-0.25, -0.2) is 4.39 Å². The van der Waals surface area contributed by atoms with Gasteiger partial charge in [-0.1, -0.05) is 30.3 Å². The molecule has 3 nitrogen and oxygen atoms in total. The number of anilines is 1. The third kappa shape index (κ3) is 3.70. The summed E-state index contributed by atoms with van der Waals surface area (Å²) in [6.07, 6.45) is 1.88. The summed E-state index contributed by atoms with van der Waals surface area (Å²) in [6, 6.07) is 15.0. The van der Waals surface area contributed by atoms with E-state index in [0.29, 0.717) is 6.04 Å². The number of nitrogens with zero attached hydrogens (tertiary/aromatic N) is 1. The minimum absolute atomic E-state index is 0.148. The summed E-state index contributed by atoms with van der Waals surface area (Å²) in [5.74, 6) is -0.0778. The minimum atomic E-state index is -0.226. The van der Waals surface area contributed by atoms with Crippen LogP contribution in [0.15, 0.2) is 48.5 Å². The molecule has 1 aliphatic heterocycles. The summed E-state index contributed by atoms with van der Waals surface area (Å²) < 4.78 is 13.1. The zero-order valence-corrected chi connectivity index (χ0v) is 13.3. The number of halogens is 1. The lowest BCUT2D eigenvalue weighted by Crippen LogP contribution is -2.41. The van der Waals surface area contributed by atoms with E-state index in [4.69, 9.17) is 0 Å². The van der Waals surface area contributed by atoms with E-state index >= 15 is 0 Å². The summed E-state index contributed by atoms with van der Waals surface area (Å²) in [6.45, 7) is 3.22. The van der Waals surface area contributed by atoms with Gasteiger partial charge in [0.25, 0.3) is 0 Å². The van der Waals surface area contributed by atoms with E-state index < -0.39 is 0 Å². The van der Waals surface area contributed by atoms with E-state index in [2.05, 4.69) is 11.4 Å². The molecule has 0 spiro atoms. The van der Waals surface area contributed by atoms with E-state index in [-0.39, 0.29) is 11.7 Å². The first-order valence-corrected chi connectivity index (χ1v) is 8.00. The van der Waals surface area contributed by atoms with Crippen molar-refractivity contribution in [1.82, 2.24) is 4.90 Å². The number of nitrogens with one attached hydrogen (secondary N) is 1. The van der Waals surface area contributed by atoms with Crippen LogP contribution in [0, 0.1) is 5.82 Å². The number of hydrogen-bond acceptors (Lipinski definition) is 2. The van der Waals surface area contributed by atoms with Gasteiger partial charge in [-0.3, -0.25) is 4.79 Å². The quantitative estimate of drug-likeness (QED) is 0.932. The Hall–Kier alpha value is -2.36. The number of benzene rings is 2. The van der Waals surface area contributed by atoms with Crippen LogP contribution in [0.4, 0.5) is 10.1 Å². The molecule has 0 aromatic heterocycles. The number of carbonyl (C=O) groups excluding carboxylic acids is 1. The summed E-state index contributed by atoms with van der Waals surface area (Å²) in [4.78, 5) is 13.3. The summed E-state index contributed by atoms with van der Waals surface area (Å²) in [5.41, 5.74) is 3.12. The highest BCUT2D eigenvalue weighted by atomic mass is 19.1. The van der Waals surface area contributed by atoms with E-state index in [0.717, 1.165) is 42.7 Å². The molecule has 1 saturated heterocycles. The first kappa shape index (κ1) is 15.5. The number of carbonyl (C=O) groups is 1. The number of para-hydroxylation sites is 1. The van der Waals surface area contributed by atoms with Crippen LogP contribution >= 0.6 is 0 Å². The topological polar surface area (TPSA) is 32.3 Å². The molecule has 0 aliphatic carbocycles. The van der Waals surface area contributed by atoms with Crippen LogP contribution < -0.4 is 5.32 Å². The number of amides is 1. The van der Waals surface area contributed by atoms with E-state index in [1.54, 1.807) is 19.1 Å². The van der Waals surface area contributed by atoms with Gasteiger partial charge in [0.05, 0.1) is 0 Å². The third-order valence-corrected chi connectivity index (χ3v) is 4.38. The Balaban J connectivity index is 1.74. The zero-order valence-electron chi connectivity index (χ0n) is 13.3. The van der Waals surface area contributed by atoms with Crippen molar-refractivity contribution in [2.75, 3.05) is 18.4 Å². The van der Waals surface area contributed by atoms with Crippen LogP contribution in [-0.2, 0) is 4.79 Å². The highest BCUT2D eigenvalue weighted by Crippen LogP contribution is 2.29. The van der Waals surface area contributed by atoms with Crippen LogP contribution in [-0.4, -0.2) is 29.9 Å². The van der Waals surface area contributed by atoms with Crippen LogP contribution in [0.3, 0.4) is 0 Å². The molecule has 4 heteroatoms. The van der Waals surface area contributed by atoms with E-state index in [9.17, 15) is 9.18 Å². The predicted octanol–water partition coefficient (Wildman–Crippen LogP) is 3.92. The summed E-state index contributed by atoms with van der Waals surface area (Å²) >= 11 is 0. The molecule has 3 rings (SSSR count). The minimum Gasteiger partial charge on any atom is -0.382 e. The number of hydrogen-bond donors (Lipinski definition) is 1. The Kier molecular flexibility index (Phi) is 4.60. The molecule has 1 fully saturated rings. The molecule has 2 aromatic rings. The van der Waals surface area contributed by atoms with Crippen molar-refractivity contribution >= 4 is 11.6 Å². The molecule has 1 amide bonds. The van der Waals surface area contributed by atoms with Gasteiger partial charge < -0.3 is 10.2 Å². The Morgan fingerprint density at radius 3 is 2.39 bits per heavy atom. The number of rotatable bonds is 3. The maximum absolute atomic E-state index is 13.1. The first-order valence-electron chi connectivity index (χ1n) is 8.00. The summed E-state index contributed by atoms with van der Waals surface area (Å²) in [7, 11) is 0. The lowest BCUT2D eigenvalue weighted by atomic mass is 10.0. The second-order valence-electron chi connectivity index (χ2n) is 5.98. The average molecular weight is 312 g/mol. The van der Waals surface area contributed by atoms with Gasteiger partial charge in [0.15, 0.2) is 0 Å². The normalized spacial score (nSPS) is 15.5. The Morgan fingerprint density at radius 1 is 1.09 bits per heavy atom. The maximum atomic E-state index is 13.1. The molecule has 0 bridgehead atoms. The van der Waals surface area contributed by atoms with E-state index in [1.165, 1.54) is 12.1 Å². The van der Waals surface area contributed by atoms with Gasteiger partial charge in [-0.15, -0.1) is 0 Å². The lowest BCUT2D eigenvalue weighted by molar-refractivity contribution is -0.129. The zero-order chi connectivity index (χ0) is 16.2. The van der Waals surface area contributed by atoms with Gasteiger partial charge in [0, 0.05) is 37.3 Å². The summed E-state index contributed by atoms with van der Waals surface area (Å²) in [5, 5.41) is 3.59. The molecular formula is C19H21FN2O. The van der Waals surface area contributed by atoms with Crippen molar-refractivity contribution in [2.45, 2.75) is 25.8 Å². The van der Waals surface area contributed by atoms with Crippen molar-refractivity contribution < 1.29 is 9.18 Å². The fraction of sp³-hybridized carbons (Fsp3) is 0.316.